The van der Waals surface area contributed by atoms with Crippen molar-refractivity contribution in [3.63, 3.8) is 0 Å². The Balaban J connectivity index is 1.85. The minimum atomic E-state index is -1.77. The molecule has 0 bridgehead atoms. The van der Waals surface area contributed by atoms with Crippen molar-refractivity contribution in [1.82, 2.24) is 4.90 Å². The van der Waals surface area contributed by atoms with Crippen molar-refractivity contribution in [2.24, 2.45) is 5.92 Å². The fourth-order valence-corrected chi connectivity index (χ4v) is 5.10. The lowest BCUT2D eigenvalue weighted by Gasteiger charge is -2.44. The van der Waals surface area contributed by atoms with Gasteiger partial charge in [-0.25, -0.2) is 4.79 Å². The molecule has 1 N–H and O–H groups in total. The van der Waals surface area contributed by atoms with Crippen molar-refractivity contribution in [1.29, 1.82) is 0 Å². The van der Waals surface area contributed by atoms with E-state index in [1.807, 2.05) is 0 Å². The number of hydrogen-bond acceptors (Lipinski definition) is 4. The van der Waals surface area contributed by atoms with Crippen molar-refractivity contribution in [3.8, 4) is 0 Å². The first-order valence-electron chi connectivity index (χ1n) is 7.37. The number of carboxylic acids is 1. The van der Waals surface area contributed by atoms with Gasteiger partial charge in [0.25, 0.3) is 0 Å². The monoisotopic (exact) mass is 331 g/mol. The number of carbonyl (C=O) groups is 2. The zero-order valence-electron chi connectivity index (χ0n) is 13.4. The first kappa shape index (κ1) is 16.8. The van der Waals surface area contributed by atoms with Gasteiger partial charge in [-0.2, -0.15) is 0 Å². The van der Waals surface area contributed by atoms with E-state index in [9.17, 15) is 9.59 Å². The van der Waals surface area contributed by atoms with Crippen LogP contribution in [-0.4, -0.2) is 54.0 Å². The van der Waals surface area contributed by atoms with Crippen LogP contribution < -0.4 is 0 Å². The van der Waals surface area contributed by atoms with Crippen molar-refractivity contribution >= 4 is 32.0 Å². The predicted octanol–water partition coefficient (Wildman–Crippen LogP) is 2.38. The Morgan fingerprint density at radius 3 is 2.62 bits per heavy atom. The third-order valence-corrected chi connectivity index (χ3v) is 10.9. The van der Waals surface area contributed by atoms with Gasteiger partial charge in [-0.15, -0.1) is 11.8 Å². The molecule has 0 aromatic rings. The highest BCUT2D eigenvalue weighted by Crippen LogP contribution is 2.45. The molecule has 5 nitrogen and oxygen atoms in total. The molecule has 120 valence electrons. The first-order chi connectivity index (χ1) is 9.56. The Hall–Kier alpha value is -0.533. The second-order valence-corrected chi connectivity index (χ2v) is 13.3. The molecule has 3 atom stereocenters. The molecule has 0 spiro atoms. The van der Waals surface area contributed by atoms with E-state index >= 15 is 0 Å². The maximum Gasteiger partial charge on any atom is 0.327 e. The Morgan fingerprint density at radius 1 is 1.48 bits per heavy atom. The lowest BCUT2D eigenvalue weighted by Crippen LogP contribution is -2.61. The van der Waals surface area contributed by atoms with E-state index in [4.69, 9.17) is 9.53 Å². The summed E-state index contributed by atoms with van der Waals surface area (Å²) < 4.78 is 6.11. The molecule has 2 fully saturated rings. The van der Waals surface area contributed by atoms with Crippen molar-refractivity contribution < 1.29 is 19.1 Å². The lowest BCUT2D eigenvalue weighted by atomic mass is 9.93. The Morgan fingerprint density at radius 2 is 2.10 bits per heavy atom. The first-order valence-corrected chi connectivity index (χ1v) is 11.3. The van der Waals surface area contributed by atoms with E-state index in [-0.39, 0.29) is 22.2 Å². The van der Waals surface area contributed by atoms with Crippen LogP contribution in [0.25, 0.3) is 0 Å². The third kappa shape index (κ3) is 3.00. The number of β-lactam (4-membered cyclic amide) rings is 1. The van der Waals surface area contributed by atoms with Gasteiger partial charge in [-0.3, -0.25) is 4.79 Å². The van der Waals surface area contributed by atoms with E-state index < -0.39 is 20.3 Å². The van der Waals surface area contributed by atoms with E-state index in [2.05, 4.69) is 33.9 Å². The smallest absolute Gasteiger partial charge is 0.327 e. The summed E-state index contributed by atoms with van der Waals surface area (Å²) in [5.74, 6) is -0.472. The molecule has 0 radical (unpaired) electrons. The zero-order valence-corrected chi connectivity index (χ0v) is 15.2. The molecule has 2 saturated heterocycles. The van der Waals surface area contributed by atoms with Gasteiger partial charge < -0.3 is 14.4 Å². The molecule has 2 aliphatic rings. The van der Waals surface area contributed by atoms with E-state index in [0.29, 0.717) is 18.8 Å². The largest absolute Gasteiger partial charge is 0.480 e. The summed E-state index contributed by atoms with van der Waals surface area (Å²) in [5, 5.41) is 9.29. The summed E-state index contributed by atoms with van der Waals surface area (Å²) in [6.45, 7) is 11.6. The molecule has 0 saturated carbocycles. The topological polar surface area (TPSA) is 66.8 Å². The number of amides is 1. The minimum absolute atomic E-state index is 0.0174. The number of hydrogen-bond donors (Lipinski definition) is 1. The summed E-state index contributed by atoms with van der Waals surface area (Å²) in [7, 11) is -1.77. The van der Waals surface area contributed by atoms with E-state index in [1.54, 1.807) is 11.8 Å². The van der Waals surface area contributed by atoms with Crippen molar-refractivity contribution in [2.45, 2.75) is 56.7 Å². The number of fused-ring (bicyclic) bond motifs is 1. The summed E-state index contributed by atoms with van der Waals surface area (Å²) in [6, 6.07) is -0.634. The summed E-state index contributed by atoms with van der Waals surface area (Å²) in [5.41, 5.74) is 0. The fraction of sp³-hybridized carbons (Fsp3) is 0.857. The molecule has 0 aromatic heterocycles. The highest BCUT2D eigenvalue weighted by atomic mass is 32.2. The molecule has 2 heterocycles. The molecule has 0 aromatic carbocycles. The molecule has 7 heteroatoms. The van der Waals surface area contributed by atoms with Crippen LogP contribution in [-0.2, 0) is 14.0 Å². The number of aliphatic carboxylic acids is 1. The van der Waals surface area contributed by atoms with Crippen LogP contribution in [0.1, 0.15) is 27.2 Å². The molecule has 2 aliphatic heterocycles. The Bertz CT molecular complexity index is 449. The van der Waals surface area contributed by atoms with Crippen LogP contribution in [0.3, 0.4) is 0 Å². The van der Waals surface area contributed by atoms with Gasteiger partial charge in [0.1, 0.15) is 6.04 Å². The lowest BCUT2D eigenvalue weighted by molar-refractivity contribution is -0.162. The number of thioether (sulfide) groups is 1. The molecular weight excluding hydrogens is 306 g/mol. The van der Waals surface area contributed by atoms with Gasteiger partial charge in [0.2, 0.25) is 5.91 Å². The highest BCUT2D eigenvalue weighted by molar-refractivity contribution is 8.00. The molecule has 21 heavy (non-hydrogen) atoms. The molecule has 2 rings (SSSR count). The van der Waals surface area contributed by atoms with Crippen LogP contribution in [0.15, 0.2) is 0 Å². The standard InChI is InChI=1S/C14H25NO4SSi/c1-14(2,3)21(4,5)19-7-6-9-11(16)15-10(13(17)18)8-20-12(9)15/h9-10,12H,6-8H2,1-5H3,(H,17,18)/t9?,10?,12-/m0/s1. The molecule has 1 amide bonds. The van der Waals surface area contributed by atoms with Crippen LogP contribution in [0.2, 0.25) is 18.1 Å². The second-order valence-electron chi connectivity index (χ2n) is 7.33. The molecular formula is C14H25NO4SSi. The quantitative estimate of drug-likeness (QED) is 0.619. The zero-order chi connectivity index (χ0) is 16.0. The van der Waals surface area contributed by atoms with Gasteiger partial charge in [0.15, 0.2) is 8.32 Å². The van der Waals surface area contributed by atoms with E-state index in [0.717, 1.165) is 0 Å². The molecule has 2 unspecified atom stereocenters. The van der Waals surface area contributed by atoms with Gasteiger partial charge in [-0.05, 0) is 24.6 Å². The van der Waals surface area contributed by atoms with Crippen LogP contribution in [0, 0.1) is 5.92 Å². The maximum absolute atomic E-state index is 12.1. The van der Waals surface area contributed by atoms with Gasteiger partial charge >= 0.3 is 5.97 Å². The number of rotatable bonds is 5. The Labute approximate surface area is 131 Å². The van der Waals surface area contributed by atoms with Crippen molar-refractivity contribution in [3.05, 3.63) is 0 Å². The predicted molar refractivity (Wildman–Crippen MR) is 85.8 cm³/mol. The van der Waals surface area contributed by atoms with Crippen LogP contribution >= 0.6 is 11.8 Å². The highest BCUT2D eigenvalue weighted by Gasteiger charge is 2.56. The number of nitrogens with zero attached hydrogens (tertiary/aromatic N) is 1. The van der Waals surface area contributed by atoms with Gasteiger partial charge in [0, 0.05) is 12.4 Å². The normalized spacial score (nSPS) is 29.3. The van der Waals surface area contributed by atoms with Crippen LogP contribution in [0.4, 0.5) is 0 Å². The summed E-state index contributed by atoms with van der Waals surface area (Å²) in [4.78, 5) is 24.7. The van der Waals surface area contributed by atoms with Crippen LogP contribution in [0.5, 0.6) is 0 Å². The van der Waals surface area contributed by atoms with E-state index in [1.165, 1.54) is 4.90 Å². The van der Waals surface area contributed by atoms with Gasteiger partial charge in [-0.1, -0.05) is 20.8 Å². The molecule has 0 aliphatic carbocycles. The average molecular weight is 332 g/mol. The van der Waals surface area contributed by atoms with Gasteiger partial charge in [0.05, 0.1) is 11.3 Å². The fourth-order valence-electron chi connectivity index (χ4n) is 2.46. The number of carboxylic acid groups (broad SMARTS) is 1. The Kier molecular flexibility index (Phi) is 4.48. The average Bonchev–Trinajstić information content (AvgIpc) is 2.73. The minimum Gasteiger partial charge on any atom is -0.480 e. The summed E-state index contributed by atoms with van der Waals surface area (Å²) >= 11 is 1.58. The second kappa shape index (κ2) is 5.59. The third-order valence-electron chi connectivity index (χ3n) is 4.93. The van der Waals surface area contributed by atoms with Crippen molar-refractivity contribution in [2.75, 3.05) is 12.4 Å². The SMILES string of the molecule is CC(C)(C)[Si](C)(C)OCCC1C(=O)N2C(C(=O)O)CS[C@@H]12. The maximum atomic E-state index is 12.1. The number of carbonyl (C=O) groups excluding carboxylic acids is 1. The summed E-state index contributed by atoms with van der Waals surface area (Å²) in [6.07, 6.45) is 0.700.